The highest BCUT2D eigenvalue weighted by Gasteiger charge is 2.23. The van der Waals surface area contributed by atoms with E-state index < -0.39 is 0 Å². The Labute approximate surface area is 222 Å². The van der Waals surface area contributed by atoms with Crippen LogP contribution in [-0.4, -0.2) is 18.0 Å². The first-order chi connectivity index (χ1) is 17.4. The quantitative estimate of drug-likeness (QED) is 0.239. The first kappa shape index (κ1) is 24.1. The van der Waals surface area contributed by atoms with E-state index in [1.807, 2.05) is 61.5 Å². The van der Waals surface area contributed by atoms with Crippen LogP contribution in [0.1, 0.15) is 15.2 Å². The lowest BCUT2D eigenvalue weighted by atomic mass is 9.98. The van der Waals surface area contributed by atoms with E-state index in [2.05, 4.69) is 5.32 Å². The Morgan fingerprint density at radius 3 is 2.44 bits per heavy atom. The summed E-state index contributed by atoms with van der Waals surface area (Å²) in [5.74, 6) is 0.351. The van der Waals surface area contributed by atoms with Crippen molar-refractivity contribution < 1.29 is 9.53 Å². The monoisotopic (exact) mass is 533 g/mol. The fourth-order valence-corrected chi connectivity index (χ4v) is 5.32. The molecular formula is C28H21Cl2N3O2S. The maximum atomic E-state index is 13.3. The second-order valence-electron chi connectivity index (χ2n) is 8.23. The van der Waals surface area contributed by atoms with Crippen molar-refractivity contribution >= 4 is 62.0 Å². The number of aromatic nitrogens is 1. The molecule has 36 heavy (non-hydrogen) atoms. The molecule has 0 aliphatic rings. The Morgan fingerprint density at radius 1 is 0.972 bits per heavy atom. The minimum Gasteiger partial charge on any atom is -0.496 e. The molecule has 0 saturated heterocycles. The number of benzene rings is 3. The number of nitrogens with zero attached hydrogens (tertiary/aromatic N) is 1. The molecule has 5 aromatic rings. The predicted molar refractivity (Wildman–Crippen MR) is 151 cm³/mol. The molecular weight excluding hydrogens is 513 g/mol. The topological polar surface area (TPSA) is 77.2 Å². The van der Waals surface area contributed by atoms with Gasteiger partial charge >= 0.3 is 0 Å². The lowest BCUT2D eigenvalue weighted by molar-refractivity contribution is 0.103. The second-order valence-corrected chi connectivity index (χ2v) is 10.0. The Balaban J connectivity index is 1.69. The fraction of sp³-hybridized carbons (Fsp3) is 0.0714. The van der Waals surface area contributed by atoms with Gasteiger partial charge in [-0.05, 0) is 42.8 Å². The summed E-state index contributed by atoms with van der Waals surface area (Å²) in [6, 6.07) is 22.8. The van der Waals surface area contributed by atoms with E-state index in [4.69, 9.17) is 38.7 Å². The molecule has 0 aliphatic heterocycles. The summed E-state index contributed by atoms with van der Waals surface area (Å²) in [4.78, 5) is 19.2. The number of para-hydroxylation sites is 1. The van der Waals surface area contributed by atoms with Gasteiger partial charge < -0.3 is 15.8 Å². The van der Waals surface area contributed by atoms with Gasteiger partial charge in [0, 0.05) is 22.2 Å². The SMILES string of the molecule is COc1ccccc1-c1cc(-c2ccc(C)cc2)nc2sc(C(=O)Nc3ccc(Cl)c(Cl)c3)c(N)c12. The second kappa shape index (κ2) is 9.82. The molecule has 3 N–H and O–H groups in total. The van der Waals surface area contributed by atoms with E-state index in [0.717, 1.165) is 27.9 Å². The first-order valence-electron chi connectivity index (χ1n) is 11.1. The molecule has 180 valence electrons. The van der Waals surface area contributed by atoms with Crippen molar-refractivity contribution in [3.63, 3.8) is 0 Å². The van der Waals surface area contributed by atoms with Gasteiger partial charge in [0.05, 0.1) is 28.5 Å². The van der Waals surface area contributed by atoms with Gasteiger partial charge in [0.1, 0.15) is 15.5 Å². The summed E-state index contributed by atoms with van der Waals surface area (Å²) in [6.07, 6.45) is 0. The standard InChI is InChI=1S/C28H21Cl2N3O2S/c1-15-7-9-16(10-8-15)22-14-19(18-5-3-4-6-23(18)35-2)24-25(31)26(36-28(24)33-22)27(34)32-17-11-12-20(29)21(30)13-17/h3-14H,31H2,1-2H3,(H,32,34). The Hall–Kier alpha value is -3.58. The van der Waals surface area contributed by atoms with Crippen LogP contribution in [0.25, 0.3) is 32.6 Å². The molecule has 2 heterocycles. The summed E-state index contributed by atoms with van der Waals surface area (Å²) in [6.45, 7) is 2.04. The summed E-state index contributed by atoms with van der Waals surface area (Å²) in [5, 5.41) is 4.32. The van der Waals surface area contributed by atoms with E-state index in [0.29, 0.717) is 42.3 Å². The number of halogens is 2. The number of rotatable bonds is 5. The Morgan fingerprint density at radius 2 is 1.72 bits per heavy atom. The van der Waals surface area contributed by atoms with Gasteiger partial charge in [-0.1, -0.05) is 71.2 Å². The number of nitrogens with two attached hydrogens (primary N) is 1. The molecule has 0 bridgehead atoms. The van der Waals surface area contributed by atoms with Crippen molar-refractivity contribution in [2.75, 3.05) is 18.2 Å². The smallest absolute Gasteiger partial charge is 0.267 e. The number of aryl methyl sites for hydroxylation is 1. The van der Waals surface area contributed by atoms with Gasteiger partial charge in [-0.3, -0.25) is 4.79 Å². The number of methoxy groups -OCH3 is 1. The Bertz CT molecular complexity index is 1610. The molecule has 3 aromatic carbocycles. The maximum absolute atomic E-state index is 13.3. The van der Waals surface area contributed by atoms with Crippen molar-refractivity contribution in [3.05, 3.63) is 93.3 Å². The molecule has 0 unspecified atom stereocenters. The average molecular weight is 534 g/mol. The number of thiophene rings is 1. The van der Waals surface area contributed by atoms with Crippen LogP contribution in [0.2, 0.25) is 10.0 Å². The zero-order valence-corrected chi connectivity index (χ0v) is 21.8. The zero-order chi connectivity index (χ0) is 25.4. The highest BCUT2D eigenvalue weighted by molar-refractivity contribution is 7.21. The number of carbonyl (C=O) groups is 1. The van der Waals surface area contributed by atoms with Crippen LogP contribution < -0.4 is 15.8 Å². The van der Waals surface area contributed by atoms with Crippen molar-refractivity contribution in [2.45, 2.75) is 6.92 Å². The number of carbonyl (C=O) groups excluding carboxylic acids is 1. The highest BCUT2D eigenvalue weighted by atomic mass is 35.5. The number of anilines is 2. The van der Waals surface area contributed by atoms with Crippen LogP contribution in [-0.2, 0) is 0 Å². The van der Waals surface area contributed by atoms with Crippen LogP contribution >= 0.6 is 34.5 Å². The molecule has 1 amide bonds. The van der Waals surface area contributed by atoms with Gasteiger partial charge in [0.2, 0.25) is 0 Å². The van der Waals surface area contributed by atoms with Crippen LogP contribution in [0.3, 0.4) is 0 Å². The van der Waals surface area contributed by atoms with Gasteiger partial charge in [0.15, 0.2) is 0 Å². The molecule has 5 rings (SSSR count). The zero-order valence-electron chi connectivity index (χ0n) is 19.4. The number of ether oxygens (including phenoxy) is 1. The number of amides is 1. The third-order valence-corrected chi connectivity index (χ3v) is 7.66. The van der Waals surface area contributed by atoms with Crippen LogP contribution in [0, 0.1) is 6.92 Å². The largest absolute Gasteiger partial charge is 0.496 e. The Kier molecular flexibility index (Phi) is 6.58. The lowest BCUT2D eigenvalue weighted by Gasteiger charge is -2.12. The number of hydrogen-bond donors (Lipinski definition) is 2. The minimum atomic E-state index is -0.350. The summed E-state index contributed by atoms with van der Waals surface area (Å²) >= 11 is 13.4. The van der Waals surface area contributed by atoms with Crippen LogP contribution in [0.15, 0.2) is 72.8 Å². The van der Waals surface area contributed by atoms with Gasteiger partial charge in [-0.2, -0.15) is 0 Å². The van der Waals surface area contributed by atoms with E-state index in [1.54, 1.807) is 25.3 Å². The predicted octanol–water partition coefficient (Wildman–Crippen LogP) is 8.09. The molecule has 5 nitrogen and oxygen atoms in total. The fourth-order valence-electron chi connectivity index (χ4n) is 4.00. The third kappa shape index (κ3) is 4.51. The molecule has 2 aromatic heterocycles. The summed E-state index contributed by atoms with van der Waals surface area (Å²) < 4.78 is 5.64. The number of hydrogen-bond acceptors (Lipinski definition) is 5. The van der Waals surface area contributed by atoms with Gasteiger partial charge in [0.25, 0.3) is 5.91 Å². The van der Waals surface area contributed by atoms with E-state index in [9.17, 15) is 4.79 Å². The first-order valence-corrected chi connectivity index (χ1v) is 12.6. The van der Waals surface area contributed by atoms with Crippen LogP contribution in [0.4, 0.5) is 11.4 Å². The highest BCUT2D eigenvalue weighted by Crippen LogP contribution is 2.44. The van der Waals surface area contributed by atoms with E-state index >= 15 is 0 Å². The maximum Gasteiger partial charge on any atom is 0.267 e. The molecule has 0 aliphatic carbocycles. The third-order valence-electron chi connectivity index (χ3n) is 5.83. The van der Waals surface area contributed by atoms with Crippen molar-refractivity contribution in [2.24, 2.45) is 0 Å². The van der Waals surface area contributed by atoms with Crippen molar-refractivity contribution in [3.8, 4) is 28.1 Å². The summed E-state index contributed by atoms with van der Waals surface area (Å²) in [5.41, 5.74) is 12.1. The molecule has 0 saturated carbocycles. The van der Waals surface area contributed by atoms with Gasteiger partial charge in [-0.25, -0.2) is 4.98 Å². The minimum absolute atomic E-state index is 0.349. The van der Waals surface area contributed by atoms with Gasteiger partial charge in [-0.15, -0.1) is 11.3 Å². The number of nitrogen functional groups attached to an aromatic ring is 1. The average Bonchev–Trinajstić information content (AvgIpc) is 3.22. The number of fused-ring (bicyclic) bond motifs is 1. The lowest BCUT2D eigenvalue weighted by Crippen LogP contribution is -2.11. The van der Waals surface area contributed by atoms with Crippen LogP contribution in [0.5, 0.6) is 5.75 Å². The number of nitrogens with one attached hydrogen (secondary N) is 1. The van der Waals surface area contributed by atoms with Crippen molar-refractivity contribution in [1.29, 1.82) is 0 Å². The molecule has 8 heteroatoms. The van der Waals surface area contributed by atoms with Crippen molar-refractivity contribution in [1.82, 2.24) is 4.98 Å². The molecule has 0 radical (unpaired) electrons. The molecule has 0 fully saturated rings. The summed E-state index contributed by atoms with van der Waals surface area (Å²) in [7, 11) is 1.63. The number of pyridine rings is 1. The van der Waals surface area contributed by atoms with E-state index in [1.165, 1.54) is 11.3 Å². The molecule has 0 atom stereocenters. The normalized spacial score (nSPS) is 11.0. The van der Waals surface area contributed by atoms with E-state index in [-0.39, 0.29) is 5.91 Å². The molecule has 0 spiro atoms.